The Morgan fingerprint density at radius 2 is 1.94 bits per heavy atom. The summed E-state index contributed by atoms with van der Waals surface area (Å²) in [5.41, 5.74) is 7.13. The van der Waals surface area contributed by atoms with Crippen LogP contribution >= 0.6 is 0 Å². The fraction of sp³-hybridized carbons (Fsp3) is 0.533. The molecule has 1 aromatic carbocycles. The van der Waals surface area contributed by atoms with Gasteiger partial charge in [0.05, 0.1) is 0 Å². The van der Waals surface area contributed by atoms with Crippen molar-refractivity contribution in [2.24, 2.45) is 10.7 Å². The van der Waals surface area contributed by atoms with Gasteiger partial charge in [-0.2, -0.15) is 0 Å². The van der Waals surface area contributed by atoms with Crippen LogP contribution in [0.5, 0.6) is 0 Å². The van der Waals surface area contributed by atoms with Crippen molar-refractivity contribution in [3.8, 4) is 0 Å². The molecule has 3 nitrogen and oxygen atoms in total. The molecule has 0 aliphatic carbocycles. The number of nitrogens with zero attached hydrogens (tertiary/aromatic N) is 1. The third kappa shape index (κ3) is 6.94. The first-order chi connectivity index (χ1) is 8.83. The van der Waals surface area contributed by atoms with Gasteiger partial charge in [-0.1, -0.05) is 43.7 Å². The van der Waals surface area contributed by atoms with Crippen LogP contribution in [0.15, 0.2) is 35.3 Å². The average molecular weight is 247 g/mol. The Bertz CT molecular complexity index is 333. The van der Waals surface area contributed by atoms with Crippen molar-refractivity contribution in [3.63, 3.8) is 0 Å². The smallest absolute Gasteiger partial charge is 0.188 e. The SMILES string of the molecule is CCCN=C(N)NCCCCCc1ccccc1. The number of guanidine groups is 1. The summed E-state index contributed by atoms with van der Waals surface area (Å²) in [6, 6.07) is 10.6. The van der Waals surface area contributed by atoms with Crippen molar-refractivity contribution in [2.45, 2.75) is 39.0 Å². The zero-order valence-corrected chi connectivity index (χ0v) is 11.4. The van der Waals surface area contributed by atoms with E-state index in [1.165, 1.54) is 24.8 Å². The standard InChI is InChI=1S/C15H25N3/c1-2-12-17-15(16)18-13-8-4-7-11-14-9-5-3-6-10-14/h3,5-6,9-10H,2,4,7-8,11-13H2,1H3,(H3,16,17,18). The number of nitrogens with one attached hydrogen (secondary N) is 1. The minimum absolute atomic E-state index is 0.583. The molecule has 0 radical (unpaired) electrons. The highest BCUT2D eigenvalue weighted by Gasteiger charge is 1.94. The highest BCUT2D eigenvalue weighted by atomic mass is 15.1. The summed E-state index contributed by atoms with van der Waals surface area (Å²) in [6.07, 6.45) is 5.82. The predicted molar refractivity (Wildman–Crippen MR) is 78.8 cm³/mol. The van der Waals surface area contributed by atoms with E-state index >= 15 is 0 Å². The first-order valence-electron chi connectivity index (χ1n) is 6.90. The lowest BCUT2D eigenvalue weighted by Crippen LogP contribution is -2.32. The minimum Gasteiger partial charge on any atom is -0.370 e. The van der Waals surface area contributed by atoms with Gasteiger partial charge < -0.3 is 11.1 Å². The van der Waals surface area contributed by atoms with Crippen molar-refractivity contribution < 1.29 is 0 Å². The molecule has 0 saturated carbocycles. The molecule has 1 aromatic rings. The third-order valence-corrected chi connectivity index (χ3v) is 2.80. The number of hydrogen-bond donors (Lipinski definition) is 2. The summed E-state index contributed by atoms with van der Waals surface area (Å²) >= 11 is 0. The number of unbranched alkanes of at least 4 members (excludes halogenated alkanes) is 2. The highest BCUT2D eigenvalue weighted by Crippen LogP contribution is 2.05. The Kier molecular flexibility index (Phi) is 7.69. The van der Waals surface area contributed by atoms with E-state index < -0.39 is 0 Å². The molecule has 3 heteroatoms. The zero-order valence-electron chi connectivity index (χ0n) is 11.4. The van der Waals surface area contributed by atoms with Crippen LogP contribution in [0.3, 0.4) is 0 Å². The molecule has 0 aromatic heterocycles. The summed E-state index contributed by atoms with van der Waals surface area (Å²) < 4.78 is 0. The second kappa shape index (κ2) is 9.51. The molecule has 0 atom stereocenters. The van der Waals surface area contributed by atoms with Crippen LogP contribution < -0.4 is 11.1 Å². The van der Waals surface area contributed by atoms with E-state index in [0.717, 1.165) is 25.9 Å². The van der Waals surface area contributed by atoms with Crippen LogP contribution in [-0.2, 0) is 6.42 Å². The molecular formula is C15H25N3. The quantitative estimate of drug-likeness (QED) is 0.421. The van der Waals surface area contributed by atoms with E-state index in [-0.39, 0.29) is 0 Å². The molecule has 0 aliphatic heterocycles. The summed E-state index contributed by atoms with van der Waals surface area (Å²) in [5.74, 6) is 0.583. The van der Waals surface area contributed by atoms with Gasteiger partial charge in [-0.25, -0.2) is 0 Å². The maximum atomic E-state index is 5.70. The fourth-order valence-electron chi connectivity index (χ4n) is 1.78. The number of nitrogens with two attached hydrogens (primary N) is 1. The predicted octanol–water partition coefficient (Wildman–Crippen LogP) is 2.71. The van der Waals surface area contributed by atoms with Crippen LogP contribution in [0.25, 0.3) is 0 Å². The van der Waals surface area contributed by atoms with Gasteiger partial charge in [-0.05, 0) is 31.2 Å². The first-order valence-corrected chi connectivity index (χ1v) is 6.90. The van der Waals surface area contributed by atoms with Crippen LogP contribution in [0.2, 0.25) is 0 Å². The molecular weight excluding hydrogens is 222 g/mol. The Morgan fingerprint density at radius 3 is 2.67 bits per heavy atom. The molecule has 0 aliphatic rings. The lowest BCUT2D eigenvalue weighted by atomic mass is 10.1. The molecule has 3 N–H and O–H groups in total. The fourth-order valence-corrected chi connectivity index (χ4v) is 1.78. The van der Waals surface area contributed by atoms with Gasteiger partial charge in [0.1, 0.15) is 0 Å². The maximum absolute atomic E-state index is 5.70. The normalized spacial score (nSPS) is 11.5. The van der Waals surface area contributed by atoms with Crippen molar-refractivity contribution >= 4 is 5.96 Å². The largest absolute Gasteiger partial charge is 0.370 e. The van der Waals surface area contributed by atoms with Crippen molar-refractivity contribution in [2.75, 3.05) is 13.1 Å². The maximum Gasteiger partial charge on any atom is 0.188 e. The van der Waals surface area contributed by atoms with Gasteiger partial charge in [-0.15, -0.1) is 0 Å². The lowest BCUT2D eigenvalue weighted by molar-refractivity contribution is 0.661. The average Bonchev–Trinajstić information content (AvgIpc) is 2.41. The summed E-state index contributed by atoms with van der Waals surface area (Å²) in [7, 11) is 0. The minimum atomic E-state index is 0.583. The van der Waals surface area contributed by atoms with Gasteiger partial charge in [-0.3, -0.25) is 4.99 Å². The third-order valence-electron chi connectivity index (χ3n) is 2.80. The van der Waals surface area contributed by atoms with Gasteiger partial charge >= 0.3 is 0 Å². The molecule has 0 amide bonds. The number of aryl methyl sites for hydroxylation is 1. The number of rotatable bonds is 8. The molecule has 0 heterocycles. The second-order valence-corrected chi connectivity index (χ2v) is 4.49. The number of aliphatic imine (C=N–C) groups is 1. The van der Waals surface area contributed by atoms with E-state index in [2.05, 4.69) is 47.6 Å². The van der Waals surface area contributed by atoms with E-state index in [0.29, 0.717) is 5.96 Å². The van der Waals surface area contributed by atoms with E-state index in [4.69, 9.17) is 5.73 Å². The number of hydrogen-bond acceptors (Lipinski definition) is 1. The van der Waals surface area contributed by atoms with Crippen molar-refractivity contribution in [3.05, 3.63) is 35.9 Å². The van der Waals surface area contributed by atoms with E-state index in [1.54, 1.807) is 0 Å². The highest BCUT2D eigenvalue weighted by molar-refractivity contribution is 5.77. The summed E-state index contributed by atoms with van der Waals surface area (Å²) in [4.78, 5) is 4.19. The molecule has 18 heavy (non-hydrogen) atoms. The Balaban J connectivity index is 1.99. The molecule has 0 saturated heterocycles. The van der Waals surface area contributed by atoms with Crippen molar-refractivity contribution in [1.29, 1.82) is 0 Å². The van der Waals surface area contributed by atoms with Gasteiger partial charge in [0.25, 0.3) is 0 Å². The molecule has 0 unspecified atom stereocenters. The monoisotopic (exact) mass is 247 g/mol. The topological polar surface area (TPSA) is 50.4 Å². The van der Waals surface area contributed by atoms with Crippen LogP contribution in [0.4, 0.5) is 0 Å². The van der Waals surface area contributed by atoms with Gasteiger partial charge in [0, 0.05) is 13.1 Å². The zero-order chi connectivity index (χ0) is 13.1. The Morgan fingerprint density at radius 1 is 1.17 bits per heavy atom. The Hall–Kier alpha value is -1.51. The molecule has 0 fully saturated rings. The number of benzene rings is 1. The summed E-state index contributed by atoms with van der Waals surface area (Å²) in [6.45, 7) is 3.83. The molecule has 1 rings (SSSR count). The second-order valence-electron chi connectivity index (χ2n) is 4.49. The van der Waals surface area contributed by atoms with Gasteiger partial charge in [0.2, 0.25) is 0 Å². The van der Waals surface area contributed by atoms with Crippen LogP contribution in [0, 0.1) is 0 Å². The lowest BCUT2D eigenvalue weighted by Gasteiger charge is -2.05. The molecule has 0 bridgehead atoms. The van der Waals surface area contributed by atoms with Crippen LogP contribution in [-0.4, -0.2) is 19.0 Å². The molecule has 100 valence electrons. The van der Waals surface area contributed by atoms with E-state index in [1.807, 2.05) is 0 Å². The first kappa shape index (κ1) is 14.6. The van der Waals surface area contributed by atoms with Crippen molar-refractivity contribution in [1.82, 2.24) is 5.32 Å². The molecule has 0 spiro atoms. The Labute approximate surface area is 111 Å². The van der Waals surface area contributed by atoms with Gasteiger partial charge in [0.15, 0.2) is 5.96 Å². The summed E-state index contributed by atoms with van der Waals surface area (Å²) in [5, 5.41) is 3.14. The van der Waals surface area contributed by atoms with E-state index in [9.17, 15) is 0 Å². The van der Waals surface area contributed by atoms with Crippen LogP contribution in [0.1, 0.15) is 38.2 Å².